The van der Waals surface area contributed by atoms with Crippen molar-refractivity contribution >= 4 is 28.4 Å². The Kier molecular flexibility index (Phi) is 5.94. The maximum atomic E-state index is 11.9. The molecule has 2 N–H and O–H groups in total. The van der Waals surface area contributed by atoms with Crippen LogP contribution in [0.15, 0.2) is 48.8 Å². The van der Waals surface area contributed by atoms with Crippen LogP contribution in [0.1, 0.15) is 12.8 Å². The molecule has 1 saturated heterocycles. The number of piperidine rings is 1. The van der Waals surface area contributed by atoms with Gasteiger partial charge in [-0.2, -0.15) is 0 Å². The lowest BCUT2D eigenvalue weighted by Gasteiger charge is -2.29. The summed E-state index contributed by atoms with van der Waals surface area (Å²) in [6.45, 7) is 0.671. The zero-order valence-corrected chi connectivity index (χ0v) is 16.9. The van der Waals surface area contributed by atoms with Gasteiger partial charge >= 0.3 is 5.97 Å². The number of carbonyl (C=O) groups excluding carboxylic acids is 1. The number of nitrogens with zero attached hydrogens (tertiary/aromatic N) is 2. The average Bonchev–Trinajstić information content (AvgIpc) is 2.79. The molecule has 156 valence electrons. The summed E-state index contributed by atoms with van der Waals surface area (Å²) in [6, 6.07) is 13.2. The highest BCUT2D eigenvalue weighted by molar-refractivity contribution is 5.93. The third-order valence-corrected chi connectivity index (χ3v) is 5.09. The van der Waals surface area contributed by atoms with E-state index in [0.717, 1.165) is 23.0 Å². The van der Waals surface area contributed by atoms with E-state index in [1.54, 1.807) is 7.11 Å². The molecule has 1 aromatic heterocycles. The van der Waals surface area contributed by atoms with Crippen LogP contribution >= 0.6 is 0 Å². The number of para-hydroxylation sites is 1. The van der Waals surface area contributed by atoms with Crippen LogP contribution in [0.2, 0.25) is 0 Å². The Morgan fingerprint density at radius 3 is 2.73 bits per heavy atom. The zero-order chi connectivity index (χ0) is 20.9. The van der Waals surface area contributed by atoms with E-state index < -0.39 is 0 Å². The molecule has 0 radical (unpaired) electrons. The van der Waals surface area contributed by atoms with Crippen molar-refractivity contribution in [2.45, 2.75) is 25.0 Å². The van der Waals surface area contributed by atoms with Crippen molar-refractivity contribution in [3.8, 4) is 11.5 Å². The van der Waals surface area contributed by atoms with Crippen molar-refractivity contribution < 1.29 is 19.0 Å². The number of anilines is 2. The number of aromatic nitrogens is 2. The van der Waals surface area contributed by atoms with Crippen LogP contribution in [-0.2, 0) is 9.53 Å². The normalized spacial score (nSPS) is 18.6. The smallest absolute Gasteiger partial charge is 0.322 e. The fourth-order valence-corrected chi connectivity index (χ4v) is 3.56. The summed E-state index contributed by atoms with van der Waals surface area (Å²) in [4.78, 5) is 20.7. The molecular weight excluding hydrogens is 384 g/mol. The predicted octanol–water partition coefficient (Wildman–Crippen LogP) is 3.05. The molecule has 3 aromatic rings. The van der Waals surface area contributed by atoms with Gasteiger partial charge in [-0.3, -0.25) is 4.79 Å². The number of hydrogen-bond donors (Lipinski definition) is 2. The van der Waals surface area contributed by atoms with Crippen molar-refractivity contribution in [1.29, 1.82) is 0 Å². The highest BCUT2D eigenvalue weighted by Crippen LogP contribution is 2.36. The molecule has 30 heavy (non-hydrogen) atoms. The molecule has 0 aliphatic carbocycles. The van der Waals surface area contributed by atoms with Crippen molar-refractivity contribution in [3.05, 3.63) is 48.8 Å². The molecule has 1 fully saturated rings. The molecule has 2 aromatic carbocycles. The molecule has 8 nitrogen and oxygen atoms in total. The van der Waals surface area contributed by atoms with Gasteiger partial charge in [0.2, 0.25) is 0 Å². The van der Waals surface area contributed by atoms with Gasteiger partial charge in [-0.1, -0.05) is 18.2 Å². The Hall–Kier alpha value is -3.39. The molecule has 2 heterocycles. The number of nitrogens with one attached hydrogen (secondary N) is 2. The van der Waals surface area contributed by atoms with E-state index in [9.17, 15) is 4.79 Å². The zero-order valence-electron chi connectivity index (χ0n) is 16.9. The predicted molar refractivity (Wildman–Crippen MR) is 113 cm³/mol. The minimum atomic E-state index is -0.376. The maximum absolute atomic E-state index is 11.9. The first-order valence-corrected chi connectivity index (χ1v) is 9.80. The van der Waals surface area contributed by atoms with E-state index in [-0.39, 0.29) is 18.1 Å². The first-order chi connectivity index (χ1) is 14.7. The Morgan fingerprint density at radius 1 is 1.13 bits per heavy atom. The number of esters is 1. The fraction of sp³-hybridized carbons (Fsp3) is 0.318. The lowest BCUT2D eigenvalue weighted by molar-refractivity contribution is -0.144. The second kappa shape index (κ2) is 8.96. The second-order valence-corrected chi connectivity index (χ2v) is 7.03. The Morgan fingerprint density at radius 2 is 1.97 bits per heavy atom. The Balaban J connectivity index is 1.64. The lowest BCUT2D eigenvalue weighted by Crippen LogP contribution is -2.47. The molecule has 0 saturated carbocycles. The van der Waals surface area contributed by atoms with E-state index in [1.807, 2.05) is 42.5 Å². The molecule has 2 atom stereocenters. The molecule has 1 aliphatic rings. The highest BCUT2D eigenvalue weighted by atomic mass is 16.5. The molecule has 0 bridgehead atoms. The summed E-state index contributed by atoms with van der Waals surface area (Å²) < 4.78 is 16.7. The maximum Gasteiger partial charge on any atom is 0.322 e. The third kappa shape index (κ3) is 4.28. The van der Waals surface area contributed by atoms with Crippen LogP contribution in [0.4, 0.5) is 11.5 Å². The number of carbonyl (C=O) groups is 1. The standard InChI is InChI=1S/C22H24N4O4/c1-28-19-12-17-16(21(25-13-24-17)26-14-6-4-3-5-7-14)11-20(19)30-15-8-9-23-18(10-15)22(27)29-2/h3-7,11-13,15,18,23H,8-10H2,1-2H3,(H,24,25,26). The Labute approximate surface area is 174 Å². The van der Waals surface area contributed by atoms with Gasteiger partial charge in [0.15, 0.2) is 11.5 Å². The van der Waals surface area contributed by atoms with Gasteiger partial charge in [-0.25, -0.2) is 9.97 Å². The number of fused-ring (bicyclic) bond motifs is 1. The molecule has 8 heteroatoms. The van der Waals surface area contributed by atoms with E-state index in [0.29, 0.717) is 30.3 Å². The lowest BCUT2D eigenvalue weighted by atomic mass is 10.0. The molecule has 0 spiro atoms. The molecule has 0 amide bonds. The highest BCUT2D eigenvalue weighted by Gasteiger charge is 2.29. The van der Waals surface area contributed by atoms with Gasteiger partial charge in [0.1, 0.15) is 24.3 Å². The van der Waals surface area contributed by atoms with Gasteiger partial charge in [-0.15, -0.1) is 0 Å². The number of ether oxygens (including phenoxy) is 3. The molecular formula is C22H24N4O4. The van der Waals surface area contributed by atoms with Gasteiger partial charge in [0.25, 0.3) is 0 Å². The summed E-state index contributed by atoms with van der Waals surface area (Å²) in [5, 5.41) is 7.31. The molecule has 1 aliphatic heterocycles. The van der Waals surface area contributed by atoms with Crippen LogP contribution in [0, 0.1) is 0 Å². The van der Waals surface area contributed by atoms with Gasteiger partial charge in [-0.05, 0) is 31.2 Å². The summed E-state index contributed by atoms with van der Waals surface area (Å²) in [5.41, 5.74) is 1.67. The van der Waals surface area contributed by atoms with Gasteiger partial charge in [0, 0.05) is 23.6 Å². The van der Waals surface area contributed by atoms with Crippen LogP contribution in [0.5, 0.6) is 11.5 Å². The average molecular weight is 408 g/mol. The minimum Gasteiger partial charge on any atom is -0.493 e. The quantitative estimate of drug-likeness (QED) is 0.601. The van der Waals surface area contributed by atoms with Crippen LogP contribution < -0.4 is 20.1 Å². The van der Waals surface area contributed by atoms with E-state index >= 15 is 0 Å². The van der Waals surface area contributed by atoms with Crippen LogP contribution in [-0.4, -0.2) is 48.8 Å². The second-order valence-electron chi connectivity index (χ2n) is 7.03. The van der Waals surface area contributed by atoms with E-state index in [1.165, 1.54) is 13.4 Å². The summed E-state index contributed by atoms with van der Waals surface area (Å²) in [5.74, 6) is 1.57. The van der Waals surface area contributed by atoms with E-state index in [4.69, 9.17) is 14.2 Å². The monoisotopic (exact) mass is 408 g/mol. The largest absolute Gasteiger partial charge is 0.493 e. The molecule has 2 unspecified atom stereocenters. The summed E-state index contributed by atoms with van der Waals surface area (Å²) in [7, 11) is 2.99. The number of rotatable bonds is 6. The topological polar surface area (TPSA) is 94.6 Å². The minimum absolute atomic E-state index is 0.142. The van der Waals surface area contributed by atoms with Gasteiger partial charge < -0.3 is 24.8 Å². The first kappa shape index (κ1) is 19.9. The van der Waals surface area contributed by atoms with Crippen molar-refractivity contribution in [2.24, 2.45) is 0 Å². The van der Waals surface area contributed by atoms with E-state index in [2.05, 4.69) is 20.6 Å². The van der Waals surface area contributed by atoms with Crippen LogP contribution in [0.3, 0.4) is 0 Å². The SMILES string of the molecule is COC(=O)C1CC(Oc2cc3c(Nc4ccccc4)ncnc3cc2OC)CCN1. The Bertz CT molecular complexity index is 1030. The third-order valence-electron chi connectivity index (χ3n) is 5.09. The van der Waals surface area contributed by atoms with Crippen molar-refractivity contribution in [1.82, 2.24) is 15.3 Å². The molecule has 4 rings (SSSR count). The fourth-order valence-electron chi connectivity index (χ4n) is 3.56. The van der Waals surface area contributed by atoms with Gasteiger partial charge in [0.05, 0.1) is 19.7 Å². The van der Waals surface area contributed by atoms with Crippen molar-refractivity contribution in [2.75, 3.05) is 26.1 Å². The summed E-state index contributed by atoms with van der Waals surface area (Å²) >= 11 is 0. The number of hydrogen-bond acceptors (Lipinski definition) is 8. The summed E-state index contributed by atoms with van der Waals surface area (Å²) in [6.07, 6.45) is 2.67. The number of methoxy groups -OCH3 is 2. The number of benzene rings is 2. The van der Waals surface area contributed by atoms with Crippen molar-refractivity contribution in [3.63, 3.8) is 0 Å². The first-order valence-electron chi connectivity index (χ1n) is 9.80. The van der Waals surface area contributed by atoms with Crippen LogP contribution in [0.25, 0.3) is 10.9 Å².